The van der Waals surface area contributed by atoms with Gasteiger partial charge in [-0.05, 0) is 42.5 Å². The van der Waals surface area contributed by atoms with Crippen LogP contribution in [-0.2, 0) is 22.6 Å². The molecule has 1 aliphatic rings. The number of rotatable bonds is 10. The Bertz CT molecular complexity index is 888. The molecule has 3 N–H and O–H groups in total. The number of nitrogens with two attached hydrogens (primary N) is 1. The molecule has 0 radical (unpaired) electrons. The van der Waals surface area contributed by atoms with Crippen LogP contribution in [0.4, 0.5) is 0 Å². The fourth-order valence-electron chi connectivity index (χ4n) is 4.49. The molecule has 33 heavy (non-hydrogen) atoms. The van der Waals surface area contributed by atoms with Gasteiger partial charge in [0.25, 0.3) is 0 Å². The number of piperidine rings is 1. The van der Waals surface area contributed by atoms with Gasteiger partial charge in [-0.2, -0.15) is 0 Å². The summed E-state index contributed by atoms with van der Waals surface area (Å²) in [5, 5.41) is 2.88. The van der Waals surface area contributed by atoms with Crippen molar-refractivity contribution < 1.29 is 14.3 Å². The molecule has 2 atom stereocenters. The highest BCUT2D eigenvalue weighted by molar-refractivity contribution is 5.87. The number of amides is 2. The maximum atomic E-state index is 12.9. The minimum atomic E-state index is -0.470. The van der Waals surface area contributed by atoms with Crippen LogP contribution in [-0.4, -0.2) is 67.0 Å². The number of methoxy groups -OCH3 is 1. The summed E-state index contributed by atoms with van der Waals surface area (Å²) < 4.78 is 5.30. The van der Waals surface area contributed by atoms with Gasteiger partial charge in [0.1, 0.15) is 11.8 Å². The molecular formula is C26H36N4O3. The number of likely N-dealkylation sites (tertiary alicyclic amines) is 1. The highest BCUT2D eigenvalue weighted by Gasteiger charge is 2.36. The zero-order valence-corrected chi connectivity index (χ0v) is 19.7. The van der Waals surface area contributed by atoms with E-state index in [-0.39, 0.29) is 17.9 Å². The minimum absolute atomic E-state index is 0.0626. The Morgan fingerprint density at radius 3 is 2.48 bits per heavy atom. The van der Waals surface area contributed by atoms with Crippen LogP contribution < -0.4 is 15.8 Å². The van der Waals surface area contributed by atoms with Crippen molar-refractivity contribution in [3.8, 4) is 5.75 Å². The number of nitrogens with zero attached hydrogens (tertiary/aromatic N) is 2. The van der Waals surface area contributed by atoms with E-state index in [1.54, 1.807) is 12.0 Å². The molecule has 7 heteroatoms. The van der Waals surface area contributed by atoms with Crippen molar-refractivity contribution in [3.63, 3.8) is 0 Å². The molecule has 0 aliphatic carbocycles. The maximum absolute atomic E-state index is 12.9. The van der Waals surface area contributed by atoms with Crippen molar-refractivity contribution in [3.05, 3.63) is 65.7 Å². The average molecular weight is 453 g/mol. The monoisotopic (exact) mass is 452 g/mol. The predicted octanol–water partition coefficient (Wildman–Crippen LogP) is 2.19. The highest BCUT2D eigenvalue weighted by atomic mass is 16.5. The lowest BCUT2D eigenvalue weighted by Gasteiger charge is -2.42. The quantitative estimate of drug-likeness (QED) is 0.577. The van der Waals surface area contributed by atoms with Crippen molar-refractivity contribution >= 4 is 11.8 Å². The molecule has 178 valence electrons. The van der Waals surface area contributed by atoms with Crippen molar-refractivity contribution in [2.45, 2.75) is 44.8 Å². The minimum Gasteiger partial charge on any atom is -0.497 e. The van der Waals surface area contributed by atoms with Crippen LogP contribution >= 0.6 is 0 Å². The van der Waals surface area contributed by atoms with E-state index in [9.17, 15) is 9.59 Å². The normalized spacial score (nSPS) is 18.2. The van der Waals surface area contributed by atoms with E-state index < -0.39 is 6.04 Å². The summed E-state index contributed by atoms with van der Waals surface area (Å²) in [5.41, 5.74) is 8.05. The second-order valence-electron chi connectivity index (χ2n) is 8.54. The Hall–Kier alpha value is -2.90. The Balaban J connectivity index is 1.77. The van der Waals surface area contributed by atoms with Gasteiger partial charge in [0.15, 0.2) is 0 Å². The number of carbonyl (C=O) groups is 2. The zero-order valence-electron chi connectivity index (χ0n) is 19.7. The van der Waals surface area contributed by atoms with Gasteiger partial charge in [0.05, 0.1) is 7.11 Å². The van der Waals surface area contributed by atoms with E-state index >= 15 is 0 Å². The van der Waals surface area contributed by atoms with Gasteiger partial charge in [-0.15, -0.1) is 0 Å². The zero-order chi connectivity index (χ0) is 23.6. The van der Waals surface area contributed by atoms with Crippen molar-refractivity contribution in [2.24, 2.45) is 5.73 Å². The van der Waals surface area contributed by atoms with E-state index in [1.165, 1.54) is 18.1 Å². The molecule has 0 saturated carbocycles. The van der Waals surface area contributed by atoms with Crippen molar-refractivity contribution in [2.75, 3.05) is 33.3 Å². The molecule has 1 saturated heterocycles. The average Bonchev–Trinajstić information content (AvgIpc) is 2.85. The van der Waals surface area contributed by atoms with E-state index in [2.05, 4.69) is 46.6 Å². The van der Waals surface area contributed by atoms with Crippen molar-refractivity contribution in [1.82, 2.24) is 15.1 Å². The third kappa shape index (κ3) is 7.04. The SMILES string of the molecule is COc1ccc(CN(CCc2ccccc2)C2CCN(C(C)=O)[C@@H](C(=O)NCCN)C2)cc1. The molecular weight excluding hydrogens is 416 g/mol. The molecule has 2 aromatic rings. The summed E-state index contributed by atoms with van der Waals surface area (Å²) in [6.07, 6.45) is 2.38. The van der Waals surface area contributed by atoms with E-state index in [0.29, 0.717) is 26.1 Å². The first-order chi connectivity index (χ1) is 16.0. The fraction of sp³-hybridized carbons (Fsp3) is 0.462. The van der Waals surface area contributed by atoms with Gasteiger partial charge in [0.2, 0.25) is 11.8 Å². The first kappa shape index (κ1) is 24.7. The van der Waals surface area contributed by atoms with Gasteiger partial charge < -0.3 is 20.7 Å². The standard InChI is InChI=1S/C26H36N4O3/c1-20(31)30-17-13-23(18-25(30)26(32)28-15-14-27)29(16-12-21-6-4-3-5-7-21)19-22-8-10-24(33-2)11-9-22/h3-11,23,25H,12-19,27H2,1-2H3,(H,28,32)/t23?,25-/m1/s1. The van der Waals surface area contributed by atoms with Crippen LogP contribution in [0.15, 0.2) is 54.6 Å². The Labute approximate surface area is 196 Å². The molecule has 2 aromatic carbocycles. The Morgan fingerprint density at radius 1 is 1.12 bits per heavy atom. The lowest BCUT2D eigenvalue weighted by Crippen LogP contribution is -2.57. The van der Waals surface area contributed by atoms with Crippen LogP contribution in [0.5, 0.6) is 5.75 Å². The van der Waals surface area contributed by atoms with Gasteiger partial charge in [-0.1, -0.05) is 42.5 Å². The highest BCUT2D eigenvalue weighted by Crippen LogP contribution is 2.25. The van der Waals surface area contributed by atoms with E-state index in [0.717, 1.165) is 31.7 Å². The molecule has 1 aliphatic heterocycles. The second-order valence-corrected chi connectivity index (χ2v) is 8.54. The Morgan fingerprint density at radius 2 is 1.85 bits per heavy atom. The summed E-state index contributed by atoms with van der Waals surface area (Å²) in [6.45, 7) is 4.55. The molecule has 3 rings (SSSR count). The molecule has 2 amide bonds. The van der Waals surface area contributed by atoms with Gasteiger partial charge >= 0.3 is 0 Å². The first-order valence-corrected chi connectivity index (χ1v) is 11.7. The number of carbonyl (C=O) groups excluding carboxylic acids is 2. The largest absolute Gasteiger partial charge is 0.497 e. The van der Waals surface area contributed by atoms with Crippen LogP contribution in [0.2, 0.25) is 0 Å². The van der Waals surface area contributed by atoms with Crippen LogP contribution in [0, 0.1) is 0 Å². The first-order valence-electron chi connectivity index (χ1n) is 11.7. The molecule has 1 heterocycles. The summed E-state index contributed by atoms with van der Waals surface area (Å²) in [6, 6.07) is 18.3. The van der Waals surface area contributed by atoms with Gasteiger partial charge in [0, 0.05) is 45.7 Å². The summed E-state index contributed by atoms with van der Waals surface area (Å²) in [5.74, 6) is 0.654. The Kier molecular flexibility index (Phi) is 9.27. The fourth-order valence-corrected chi connectivity index (χ4v) is 4.49. The van der Waals surface area contributed by atoms with Crippen molar-refractivity contribution in [1.29, 1.82) is 0 Å². The van der Waals surface area contributed by atoms with Gasteiger partial charge in [-0.25, -0.2) is 0 Å². The van der Waals surface area contributed by atoms with Crippen LogP contribution in [0.3, 0.4) is 0 Å². The number of hydrogen-bond acceptors (Lipinski definition) is 5. The topological polar surface area (TPSA) is 87.9 Å². The third-order valence-corrected chi connectivity index (χ3v) is 6.32. The van der Waals surface area contributed by atoms with Crippen LogP contribution in [0.25, 0.3) is 0 Å². The summed E-state index contributed by atoms with van der Waals surface area (Å²) >= 11 is 0. The second kappa shape index (κ2) is 12.4. The molecule has 1 fully saturated rings. The number of ether oxygens (including phenoxy) is 1. The third-order valence-electron chi connectivity index (χ3n) is 6.32. The molecule has 7 nitrogen and oxygen atoms in total. The number of hydrogen-bond donors (Lipinski definition) is 2. The maximum Gasteiger partial charge on any atom is 0.242 e. The smallest absolute Gasteiger partial charge is 0.242 e. The number of nitrogens with one attached hydrogen (secondary N) is 1. The van der Waals surface area contributed by atoms with Gasteiger partial charge in [-0.3, -0.25) is 14.5 Å². The molecule has 0 spiro atoms. The molecule has 0 aromatic heterocycles. The molecule has 1 unspecified atom stereocenters. The summed E-state index contributed by atoms with van der Waals surface area (Å²) in [7, 11) is 1.67. The molecule has 0 bridgehead atoms. The lowest BCUT2D eigenvalue weighted by atomic mass is 9.94. The van der Waals surface area contributed by atoms with Crippen LogP contribution in [0.1, 0.15) is 30.9 Å². The van der Waals surface area contributed by atoms with E-state index in [4.69, 9.17) is 10.5 Å². The lowest BCUT2D eigenvalue weighted by molar-refractivity contribution is -0.142. The number of benzene rings is 2. The summed E-state index contributed by atoms with van der Waals surface area (Å²) in [4.78, 5) is 29.2. The van der Waals surface area contributed by atoms with E-state index in [1.807, 2.05) is 18.2 Å². The predicted molar refractivity (Wildman–Crippen MR) is 130 cm³/mol.